The summed E-state index contributed by atoms with van der Waals surface area (Å²) in [5, 5.41) is 0. The number of fused-ring (bicyclic) bond motifs is 1. The van der Waals surface area contributed by atoms with E-state index >= 15 is 0 Å². The highest BCUT2D eigenvalue weighted by Crippen LogP contribution is 2.28. The minimum atomic E-state index is -0.158. The van der Waals surface area contributed by atoms with Crippen LogP contribution in [0.1, 0.15) is 42.4 Å². The van der Waals surface area contributed by atoms with Crippen LogP contribution in [0, 0.1) is 5.92 Å². The Labute approximate surface area is 118 Å². The van der Waals surface area contributed by atoms with Crippen molar-refractivity contribution in [3.8, 4) is 0 Å². The van der Waals surface area contributed by atoms with Crippen LogP contribution in [0.3, 0.4) is 0 Å². The number of carbonyl (C=O) groups excluding carboxylic acids is 2. The Morgan fingerprint density at radius 2 is 1.80 bits per heavy atom. The van der Waals surface area contributed by atoms with Crippen molar-refractivity contribution in [2.24, 2.45) is 5.92 Å². The third kappa shape index (κ3) is 3.18. The number of nitrogens with one attached hydrogen (secondary N) is 2. The molecular formula is C16H20N2O2. The van der Waals surface area contributed by atoms with Crippen molar-refractivity contribution in [1.29, 1.82) is 0 Å². The molecule has 4 nitrogen and oxygen atoms in total. The van der Waals surface area contributed by atoms with Crippen molar-refractivity contribution >= 4 is 11.8 Å². The molecule has 1 fully saturated rings. The number of amides is 2. The van der Waals surface area contributed by atoms with Crippen LogP contribution in [0.25, 0.3) is 0 Å². The predicted molar refractivity (Wildman–Crippen MR) is 75.8 cm³/mol. The van der Waals surface area contributed by atoms with Gasteiger partial charge in [0.25, 0.3) is 0 Å². The van der Waals surface area contributed by atoms with Crippen LogP contribution in [-0.4, -0.2) is 11.8 Å². The van der Waals surface area contributed by atoms with Gasteiger partial charge in [0.15, 0.2) is 0 Å². The average molecular weight is 272 g/mol. The third-order valence-corrected chi connectivity index (χ3v) is 4.05. The fourth-order valence-electron chi connectivity index (χ4n) is 2.71. The maximum atomic E-state index is 11.8. The van der Waals surface area contributed by atoms with Gasteiger partial charge in [-0.25, -0.2) is 0 Å². The van der Waals surface area contributed by atoms with Gasteiger partial charge in [-0.15, -0.1) is 0 Å². The standard InChI is InChI=1S/C16H20N2O2/c19-15(17-18-16(20)13-7-8-13)10-11-5-6-12-3-1-2-4-14(12)9-11/h5-6,9,13H,1-4,7-8,10H2,(H,17,19)(H,18,20). The van der Waals surface area contributed by atoms with Gasteiger partial charge in [0, 0.05) is 5.92 Å². The van der Waals surface area contributed by atoms with Gasteiger partial charge in [0.05, 0.1) is 6.42 Å². The first-order valence-electron chi connectivity index (χ1n) is 7.42. The van der Waals surface area contributed by atoms with Crippen LogP contribution >= 0.6 is 0 Å². The second kappa shape index (κ2) is 5.65. The number of hydrogen-bond acceptors (Lipinski definition) is 2. The van der Waals surface area contributed by atoms with Crippen molar-refractivity contribution in [2.45, 2.75) is 44.9 Å². The molecule has 2 aliphatic carbocycles. The highest BCUT2D eigenvalue weighted by Gasteiger charge is 2.29. The summed E-state index contributed by atoms with van der Waals surface area (Å²) in [4.78, 5) is 23.2. The van der Waals surface area contributed by atoms with E-state index in [1.807, 2.05) is 6.07 Å². The summed E-state index contributed by atoms with van der Waals surface area (Å²) in [6.07, 6.45) is 6.96. The van der Waals surface area contributed by atoms with E-state index in [1.165, 1.54) is 24.0 Å². The molecule has 0 heterocycles. The monoisotopic (exact) mass is 272 g/mol. The Morgan fingerprint density at radius 3 is 2.55 bits per heavy atom. The normalized spacial score (nSPS) is 17.2. The minimum Gasteiger partial charge on any atom is -0.273 e. The largest absolute Gasteiger partial charge is 0.273 e. The van der Waals surface area contributed by atoms with E-state index in [-0.39, 0.29) is 17.7 Å². The zero-order chi connectivity index (χ0) is 13.9. The Kier molecular flexibility index (Phi) is 3.72. The van der Waals surface area contributed by atoms with Gasteiger partial charge in [-0.05, 0) is 55.2 Å². The number of rotatable bonds is 3. The Bertz CT molecular complexity index is 535. The lowest BCUT2D eigenvalue weighted by molar-refractivity contribution is -0.129. The first-order valence-corrected chi connectivity index (χ1v) is 7.42. The molecule has 0 bridgehead atoms. The molecule has 0 atom stereocenters. The molecule has 3 rings (SSSR count). The van der Waals surface area contributed by atoms with Gasteiger partial charge >= 0.3 is 0 Å². The number of carbonyl (C=O) groups is 2. The van der Waals surface area contributed by atoms with Gasteiger partial charge < -0.3 is 0 Å². The summed E-state index contributed by atoms with van der Waals surface area (Å²) in [7, 11) is 0. The molecule has 1 aromatic carbocycles. The summed E-state index contributed by atoms with van der Waals surface area (Å²) in [5.41, 5.74) is 8.80. The molecule has 2 N–H and O–H groups in total. The van der Waals surface area contributed by atoms with Gasteiger partial charge in [0.1, 0.15) is 0 Å². The summed E-state index contributed by atoms with van der Waals surface area (Å²) >= 11 is 0. The molecule has 4 heteroatoms. The van der Waals surface area contributed by atoms with E-state index in [1.54, 1.807) is 0 Å². The third-order valence-electron chi connectivity index (χ3n) is 4.05. The van der Waals surface area contributed by atoms with Gasteiger partial charge in [-0.1, -0.05) is 18.2 Å². The lowest BCUT2D eigenvalue weighted by atomic mass is 9.90. The average Bonchev–Trinajstić information content (AvgIpc) is 3.29. The van der Waals surface area contributed by atoms with E-state index in [9.17, 15) is 9.59 Å². The topological polar surface area (TPSA) is 58.2 Å². The van der Waals surface area contributed by atoms with E-state index in [0.717, 1.165) is 31.2 Å². The molecule has 0 aromatic heterocycles. The molecule has 106 valence electrons. The second-order valence-corrected chi connectivity index (χ2v) is 5.80. The van der Waals surface area contributed by atoms with Crippen molar-refractivity contribution < 1.29 is 9.59 Å². The molecule has 2 amide bonds. The van der Waals surface area contributed by atoms with Crippen LogP contribution < -0.4 is 10.9 Å². The summed E-state index contributed by atoms with van der Waals surface area (Å²) in [6, 6.07) is 6.29. The van der Waals surface area contributed by atoms with Crippen LogP contribution in [0.2, 0.25) is 0 Å². The SMILES string of the molecule is O=C(Cc1ccc2c(c1)CCCC2)NNC(=O)C1CC1. The van der Waals surface area contributed by atoms with E-state index < -0.39 is 0 Å². The fourth-order valence-corrected chi connectivity index (χ4v) is 2.71. The van der Waals surface area contributed by atoms with Crippen molar-refractivity contribution in [2.75, 3.05) is 0 Å². The summed E-state index contributed by atoms with van der Waals surface area (Å²) in [6.45, 7) is 0. The molecule has 1 aromatic rings. The fraction of sp³-hybridized carbons (Fsp3) is 0.500. The smallest absolute Gasteiger partial charge is 0.242 e. The zero-order valence-electron chi connectivity index (χ0n) is 11.6. The number of hydrazine groups is 1. The van der Waals surface area contributed by atoms with Crippen molar-refractivity contribution in [1.82, 2.24) is 10.9 Å². The molecule has 0 radical (unpaired) electrons. The first kappa shape index (κ1) is 13.2. The van der Waals surface area contributed by atoms with Crippen molar-refractivity contribution in [3.05, 3.63) is 34.9 Å². The summed E-state index contributed by atoms with van der Waals surface area (Å²) < 4.78 is 0. The van der Waals surface area contributed by atoms with Crippen molar-refractivity contribution in [3.63, 3.8) is 0 Å². The highest BCUT2D eigenvalue weighted by molar-refractivity contribution is 5.85. The molecule has 0 unspecified atom stereocenters. The Balaban J connectivity index is 1.54. The molecule has 0 saturated heterocycles. The lowest BCUT2D eigenvalue weighted by Crippen LogP contribution is -2.43. The number of benzene rings is 1. The maximum absolute atomic E-state index is 11.8. The van der Waals surface area contributed by atoms with Crippen LogP contribution in [0.4, 0.5) is 0 Å². The van der Waals surface area contributed by atoms with Crippen LogP contribution in [0.5, 0.6) is 0 Å². The van der Waals surface area contributed by atoms with E-state index in [4.69, 9.17) is 0 Å². The van der Waals surface area contributed by atoms with Crippen LogP contribution in [0.15, 0.2) is 18.2 Å². The van der Waals surface area contributed by atoms with Gasteiger partial charge in [-0.2, -0.15) is 0 Å². The maximum Gasteiger partial charge on any atom is 0.242 e. The lowest BCUT2D eigenvalue weighted by Gasteiger charge is -2.16. The number of aryl methyl sites for hydroxylation is 2. The molecule has 2 aliphatic rings. The molecule has 20 heavy (non-hydrogen) atoms. The Hall–Kier alpha value is -1.84. The number of hydrogen-bond donors (Lipinski definition) is 2. The minimum absolute atomic E-state index is 0.0659. The van der Waals surface area contributed by atoms with E-state index in [0.29, 0.717) is 6.42 Å². The molecule has 1 saturated carbocycles. The quantitative estimate of drug-likeness (QED) is 0.822. The Morgan fingerprint density at radius 1 is 1.05 bits per heavy atom. The predicted octanol–water partition coefficient (Wildman–Crippen LogP) is 1.67. The first-order chi connectivity index (χ1) is 9.72. The molecule has 0 spiro atoms. The zero-order valence-corrected chi connectivity index (χ0v) is 11.6. The summed E-state index contributed by atoms with van der Waals surface area (Å²) in [5.74, 6) is -0.113. The second-order valence-electron chi connectivity index (χ2n) is 5.80. The molecular weight excluding hydrogens is 252 g/mol. The van der Waals surface area contributed by atoms with Crippen LogP contribution in [-0.2, 0) is 28.9 Å². The highest BCUT2D eigenvalue weighted by atomic mass is 16.2. The molecule has 0 aliphatic heterocycles. The van der Waals surface area contributed by atoms with Gasteiger partial charge in [0.2, 0.25) is 11.8 Å². The van der Waals surface area contributed by atoms with E-state index in [2.05, 4.69) is 23.0 Å². The van der Waals surface area contributed by atoms with Gasteiger partial charge in [-0.3, -0.25) is 20.4 Å².